The number of hydrogen-bond donors (Lipinski definition) is 2. The predicted molar refractivity (Wildman–Crippen MR) is 87.3 cm³/mol. The molecule has 2 N–H and O–H groups in total. The van der Waals surface area contributed by atoms with Crippen LogP contribution in [0.3, 0.4) is 0 Å². The van der Waals surface area contributed by atoms with Crippen LogP contribution in [0, 0.1) is 0 Å². The van der Waals surface area contributed by atoms with Crippen LogP contribution in [0.15, 0.2) is 60.8 Å². The minimum Gasteiger partial charge on any atom is -0.343 e. The van der Waals surface area contributed by atoms with E-state index in [0.29, 0.717) is 5.69 Å². The zero-order valence-corrected chi connectivity index (χ0v) is 12.3. The Morgan fingerprint density at radius 2 is 1.91 bits per heavy atom. The van der Waals surface area contributed by atoms with E-state index >= 15 is 0 Å². The van der Waals surface area contributed by atoms with Crippen molar-refractivity contribution in [2.45, 2.75) is 12.5 Å². The van der Waals surface area contributed by atoms with Crippen molar-refractivity contribution >= 4 is 23.0 Å². The molecule has 3 heterocycles. The molecular weight excluding hydrogens is 290 g/mol. The molecule has 1 aliphatic heterocycles. The lowest BCUT2D eigenvalue weighted by Crippen LogP contribution is -2.35. The molecule has 5 heteroatoms. The summed E-state index contributed by atoms with van der Waals surface area (Å²) in [6, 6.07) is 16.7. The molecule has 3 aromatic rings. The van der Waals surface area contributed by atoms with Crippen molar-refractivity contribution in [3.05, 3.63) is 72.1 Å². The van der Waals surface area contributed by atoms with E-state index in [0.717, 1.165) is 16.8 Å². The standard InChI is InChI=1S/C18H15N3O2/c22-17-11-15(13-6-1-2-7-14(13)19-17)20-18(23)16-9-8-12-5-3-4-10-21(12)16/h1-10,15H,11H2,(H,19,22)(H,20,23). The van der Waals surface area contributed by atoms with Gasteiger partial charge in [-0.25, -0.2) is 0 Å². The van der Waals surface area contributed by atoms with E-state index in [9.17, 15) is 9.59 Å². The first-order valence-electron chi connectivity index (χ1n) is 7.48. The lowest BCUT2D eigenvalue weighted by molar-refractivity contribution is -0.116. The fourth-order valence-corrected chi connectivity index (χ4v) is 3.01. The number of amides is 2. The van der Waals surface area contributed by atoms with Gasteiger partial charge >= 0.3 is 0 Å². The number of hydrogen-bond acceptors (Lipinski definition) is 2. The molecule has 0 spiro atoms. The van der Waals surface area contributed by atoms with Crippen LogP contribution >= 0.6 is 0 Å². The van der Waals surface area contributed by atoms with Gasteiger partial charge in [0.25, 0.3) is 5.91 Å². The van der Waals surface area contributed by atoms with E-state index < -0.39 is 0 Å². The van der Waals surface area contributed by atoms with Crippen LogP contribution in [0.25, 0.3) is 5.52 Å². The molecular formula is C18H15N3O2. The van der Waals surface area contributed by atoms with Gasteiger partial charge < -0.3 is 15.0 Å². The molecule has 1 aromatic carbocycles. The third kappa shape index (κ3) is 2.36. The van der Waals surface area contributed by atoms with Crippen molar-refractivity contribution in [1.82, 2.24) is 9.72 Å². The molecule has 0 saturated heterocycles. The normalized spacial score (nSPS) is 16.7. The number of anilines is 1. The second kappa shape index (κ2) is 5.28. The van der Waals surface area contributed by atoms with Gasteiger partial charge in [-0.15, -0.1) is 0 Å². The third-order valence-corrected chi connectivity index (χ3v) is 4.10. The Bertz CT molecular complexity index is 913. The molecule has 2 amide bonds. The average molecular weight is 305 g/mol. The fraction of sp³-hybridized carbons (Fsp3) is 0.111. The van der Waals surface area contributed by atoms with E-state index in [2.05, 4.69) is 10.6 Å². The number of para-hydroxylation sites is 1. The van der Waals surface area contributed by atoms with Crippen molar-refractivity contribution in [3.63, 3.8) is 0 Å². The summed E-state index contributed by atoms with van der Waals surface area (Å²) in [7, 11) is 0. The Morgan fingerprint density at radius 3 is 2.83 bits per heavy atom. The molecule has 0 bridgehead atoms. The number of aromatic nitrogens is 1. The van der Waals surface area contributed by atoms with Gasteiger partial charge in [-0.2, -0.15) is 0 Å². The predicted octanol–water partition coefficient (Wildman–Crippen LogP) is 2.75. The number of rotatable bonds is 2. The summed E-state index contributed by atoms with van der Waals surface area (Å²) in [6.07, 6.45) is 2.10. The van der Waals surface area contributed by atoms with Gasteiger partial charge in [0, 0.05) is 17.4 Å². The molecule has 1 aliphatic rings. The van der Waals surface area contributed by atoms with Crippen molar-refractivity contribution in [2.75, 3.05) is 5.32 Å². The summed E-state index contributed by atoms with van der Waals surface area (Å²) in [5.74, 6) is -0.278. The zero-order valence-electron chi connectivity index (χ0n) is 12.3. The van der Waals surface area contributed by atoms with Crippen LogP contribution in [0.5, 0.6) is 0 Å². The minimum absolute atomic E-state index is 0.0889. The summed E-state index contributed by atoms with van der Waals surface area (Å²) in [5, 5.41) is 5.81. The van der Waals surface area contributed by atoms with Gasteiger partial charge in [0.15, 0.2) is 0 Å². The van der Waals surface area contributed by atoms with Gasteiger partial charge in [0.1, 0.15) is 5.69 Å². The van der Waals surface area contributed by atoms with E-state index in [1.165, 1.54) is 0 Å². The van der Waals surface area contributed by atoms with Crippen LogP contribution in [0.2, 0.25) is 0 Å². The summed E-state index contributed by atoms with van der Waals surface area (Å²) >= 11 is 0. The van der Waals surface area contributed by atoms with Crippen LogP contribution in [0.1, 0.15) is 28.5 Å². The molecule has 0 radical (unpaired) electrons. The first-order chi connectivity index (χ1) is 11.2. The Balaban J connectivity index is 1.65. The maximum Gasteiger partial charge on any atom is 0.268 e. The van der Waals surface area contributed by atoms with Gasteiger partial charge in [-0.05, 0) is 35.9 Å². The van der Waals surface area contributed by atoms with E-state index in [1.54, 1.807) is 6.07 Å². The second-order valence-electron chi connectivity index (χ2n) is 5.58. The maximum atomic E-state index is 12.6. The highest BCUT2D eigenvalue weighted by Crippen LogP contribution is 2.30. The molecule has 4 rings (SSSR count). The molecule has 0 fully saturated rings. The number of fused-ring (bicyclic) bond motifs is 2. The maximum absolute atomic E-state index is 12.6. The largest absolute Gasteiger partial charge is 0.343 e. The minimum atomic E-state index is -0.318. The zero-order chi connectivity index (χ0) is 15.8. The quantitative estimate of drug-likeness (QED) is 0.764. The van der Waals surface area contributed by atoms with Gasteiger partial charge in [0.05, 0.1) is 12.5 Å². The Morgan fingerprint density at radius 1 is 1.09 bits per heavy atom. The lowest BCUT2D eigenvalue weighted by atomic mass is 9.97. The van der Waals surface area contributed by atoms with Crippen LogP contribution in [0.4, 0.5) is 5.69 Å². The summed E-state index contributed by atoms with van der Waals surface area (Å²) in [6.45, 7) is 0. The summed E-state index contributed by atoms with van der Waals surface area (Å²) in [5.41, 5.74) is 3.21. The fourth-order valence-electron chi connectivity index (χ4n) is 3.01. The highest BCUT2D eigenvalue weighted by atomic mass is 16.2. The average Bonchev–Trinajstić information content (AvgIpc) is 2.99. The van der Waals surface area contributed by atoms with Crippen molar-refractivity contribution in [2.24, 2.45) is 0 Å². The summed E-state index contributed by atoms with van der Waals surface area (Å²) in [4.78, 5) is 24.5. The number of carbonyl (C=O) groups is 2. The first-order valence-corrected chi connectivity index (χ1v) is 7.48. The third-order valence-electron chi connectivity index (χ3n) is 4.10. The van der Waals surface area contributed by atoms with Crippen molar-refractivity contribution in [1.29, 1.82) is 0 Å². The molecule has 1 unspecified atom stereocenters. The highest BCUT2D eigenvalue weighted by molar-refractivity contribution is 5.98. The smallest absolute Gasteiger partial charge is 0.268 e. The number of pyridine rings is 1. The molecule has 114 valence electrons. The molecule has 0 saturated carbocycles. The Hall–Kier alpha value is -3.08. The lowest BCUT2D eigenvalue weighted by Gasteiger charge is -2.26. The molecule has 1 atom stereocenters. The van der Waals surface area contributed by atoms with Gasteiger partial charge in [-0.3, -0.25) is 9.59 Å². The van der Waals surface area contributed by atoms with E-state index in [-0.39, 0.29) is 24.3 Å². The van der Waals surface area contributed by atoms with Crippen LogP contribution in [-0.4, -0.2) is 16.2 Å². The molecule has 23 heavy (non-hydrogen) atoms. The molecule has 2 aromatic heterocycles. The number of benzene rings is 1. The van der Waals surface area contributed by atoms with Crippen LogP contribution in [-0.2, 0) is 4.79 Å². The van der Waals surface area contributed by atoms with Gasteiger partial charge in [0.2, 0.25) is 5.91 Å². The summed E-state index contributed by atoms with van der Waals surface area (Å²) < 4.78 is 1.84. The SMILES string of the molecule is O=C1CC(NC(=O)c2ccc3ccccn23)c2ccccc2N1. The Kier molecular flexibility index (Phi) is 3.12. The van der Waals surface area contributed by atoms with Crippen molar-refractivity contribution in [3.8, 4) is 0 Å². The number of carbonyl (C=O) groups excluding carboxylic acids is 2. The first kappa shape index (κ1) is 13.6. The topological polar surface area (TPSA) is 62.6 Å². The van der Waals surface area contributed by atoms with Crippen molar-refractivity contribution < 1.29 is 9.59 Å². The Labute approximate surface area is 132 Å². The van der Waals surface area contributed by atoms with Crippen LogP contribution < -0.4 is 10.6 Å². The molecule has 0 aliphatic carbocycles. The molecule has 5 nitrogen and oxygen atoms in total. The van der Waals surface area contributed by atoms with Gasteiger partial charge in [-0.1, -0.05) is 24.3 Å². The monoisotopic (exact) mass is 305 g/mol. The number of nitrogens with one attached hydrogen (secondary N) is 2. The number of nitrogens with zero attached hydrogens (tertiary/aromatic N) is 1. The second-order valence-corrected chi connectivity index (χ2v) is 5.58. The van der Waals surface area contributed by atoms with E-state index in [1.807, 2.05) is 59.1 Å². The van der Waals surface area contributed by atoms with E-state index in [4.69, 9.17) is 0 Å². The highest BCUT2D eigenvalue weighted by Gasteiger charge is 2.26.